The molecule has 1 aromatic carbocycles. The first kappa shape index (κ1) is 20.6. The number of hydrogen-bond donors (Lipinski definition) is 0. The second-order valence-electron chi connectivity index (χ2n) is 7.26. The predicted octanol–water partition coefficient (Wildman–Crippen LogP) is 2.53. The Morgan fingerprint density at radius 2 is 1.70 bits per heavy atom. The Morgan fingerprint density at radius 1 is 1.00 bits per heavy atom. The van der Waals surface area contributed by atoms with Crippen LogP contribution in [0, 0.1) is 13.8 Å². The molecule has 3 aromatic rings. The molecule has 0 amide bonds. The molecule has 158 valence electrons. The van der Waals surface area contributed by atoms with Crippen LogP contribution in [0.1, 0.15) is 23.9 Å². The van der Waals surface area contributed by atoms with Crippen LogP contribution < -0.4 is 0 Å². The molecule has 1 saturated heterocycles. The van der Waals surface area contributed by atoms with E-state index in [1.165, 1.54) is 9.87 Å². The average molecular weight is 428 g/mol. The summed E-state index contributed by atoms with van der Waals surface area (Å²) in [5.74, 6) is 0.480. The third-order valence-electron chi connectivity index (χ3n) is 5.32. The summed E-state index contributed by atoms with van der Waals surface area (Å²) in [5.41, 5.74) is 3.97. The van der Waals surface area contributed by atoms with Gasteiger partial charge in [0, 0.05) is 18.7 Å². The van der Waals surface area contributed by atoms with E-state index >= 15 is 0 Å². The number of ether oxygens (including phenoxy) is 1. The summed E-state index contributed by atoms with van der Waals surface area (Å²) in [5, 5.41) is 13.1. The van der Waals surface area contributed by atoms with E-state index in [-0.39, 0.29) is 4.90 Å². The number of hydrogen-bond acceptors (Lipinski definition) is 6. The second kappa shape index (κ2) is 8.25. The van der Waals surface area contributed by atoms with E-state index in [0.717, 1.165) is 17.7 Å². The lowest BCUT2D eigenvalue weighted by atomic mass is 10.1. The molecule has 30 heavy (non-hydrogen) atoms. The number of morpholine rings is 1. The smallest absolute Gasteiger partial charge is 0.246 e. The van der Waals surface area contributed by atoms with Gasteiger partial charge < -0.3 is 4.74 Å². The van der Waals surface area contributed by atoms with Crippen LogP contribution in [0.25, 0.3) is 17.1 Å². The van der Waals surface area contributed by atoms with Crippen LogP contribution in [0.15, 0.2) is 41.3 Å². The molecule has 0 unspecified atom stereocenters. The fourth-order valence-electron chi connectivity index (χ4n) is 3.64. The minimum atomic E-state index is -3.65. The number of benzene rings is 1. The van der Waals surface area contributed by atoms with E-state index in [1.54, 1.807) is 24.6 Å². The molecular weight excluding hydrogens is 402 g/mol. The Morgan fingerprint density at radius 3 is 2.30 bits per heavy atom. The standard InChI is InChI=1S/C21H25N5O3S/c1-4-17-5-7-18(8-6-17)19-9-10-20(23-22-19)26-16(3)21(15(2)24-26)30(27,28)25-11-13-29-14-12-25/h5-10H,4,11-14H2,1-3H3. The minimum absolute atomic E-state index is 0.227. The molecule has 0 atom stereocenters. The van der Waals surface area contributed by atoms with E-state index in [4.69, 9.17) is 4.74 Å². The summed E-state index contributed by atoms with van der Waals surface area (Å²) in [6, 6.07) is 11.9. The molecule has 2 aromatic heterocycles. The van der Waals surface area contributed by atoms with Crippen LogP contribution in [-0.2, 0) is 21.2 Å². The van der Waals surface area contributed by atoms with E-state index in [0.29, 0.717) is 43.5 Å². The Kier molecular flexibility index (Phi) is 5.68. The summed E-state index contributed by atoms with van der Waals surface area (Å²) < 4.78 is 34.6. The molecular formula is C21H25N5O3S. The Labute approximate surface area is 176 Å². The highest BCUT2D eigenvalue weighted by Gasteiger charge is 2.32. The van der Waals surface area contributed by atoms with Gasteiger partial charge in [0.05, 0.1) is 30.3 Å². The summed E-state index contributed by atoms with van der Waals surface area (Å²) in [6.07, 6.45) is 0.985. The fourth-order valence-corrected chi connectivity index (χ4v) is 5.41. The van der Waals surface area contributed by atoms with Crippen molar-refractivity contribution >= 4 is 10.0 Å². The van der Waals surface area contributed by atoms with E-state index in [2.05, 4.69) is 34.4 Å². The van der Waals surface area contributed by atoms with E-state index < -0.39 is 10.0 Å². The van der Waals surface area contributed by atoms with Gasteiger partial charge in [0.1, 0.15) is 4.90 Å². The van der Waals surface area contributed by atoms with Gasteiger partial charge in [0.25, 0.3) is 0 Å². The van der Waals surface area contributed by atoms with Crippen molar-refractivity contribution in [2.45, 2.75) is 32.1 Å². The molecule has 0 radical (unpaired) electrons. The Balaban J connectivity index is 1.65. The predicted molar refractivity (Wildman–Crippen MR) is 113 cm³/mol. The van der Waals surface area contributed by atoms with Crippen LogP contribution in [0.5, 0.6) is 0 Å². The molecule has 9 heteroatoms. The van der Waals surface area contributed by atoms with Gasteiger partial charge in [-0.1, -0.05) is 31.2 Å². The number of rotatable bonds is 5. The molecule has 0 spiro atoms. The van der Waals surface area contributed by atoms with Crippen molar-refractivity contribution in [1.29, 1.82) is 0 Å². The maximum absolute atomic E-state index is 13.1. The van der Waals surface area contributed by atoms with Crippen LogP contribution in [0.4, 0.5) is 0 Å². The van der Waals surface area contributed by atoms with Crippen molar-refractivity contribution in [2.24, 2.45) is 0 Å². The van der Waals surface area contributed by atoms with Crippen molar-refractivity contribution in [3.8, 4) is 17.1 Å². The average Bonchev–Trinajstić information content (AvgIpc) is 3.09. The van der Waals surface area contributed by atoms with Gasteiger partial charge >= 0.3 is 0 Å². The number of sulfonamides is 1. The maximum Gasteiger partial charge on any atom is 0.246 e. The SMILES string of the molecule is CCc1ccc(-c2ccc(-n3nc(C)c(S(=O)(=O)N4CCOCC4)c3C)nn2)cc1. The largest absolute Gasteiger partial charge is 0.379 e. The van der Waals surface area contributed by atoms with Gasteiger partial charge in [0.2, 0.25) is 10.0 Å². The van der Waals surface area contributed by atoms with Crippen molar-refractivity contribution < 1.29 is 13.2 Å². The number of aryl methyl sites for hydroxylation is 2. The zero-order valence-corrected chi connectivity index (χ0v) is 18.2. The van der Waals surface area contributed by atoms with E-state index in [1.807, 2.05) is 18.2 Å². The minimum Gasteiger partial charge on any atom is -0.379 e. The van der Waals surface area contributed by atoms with Gasteiger partial charge in [0.15, 0.2) is 5.82 Å². The van der Waals surface area contributed by atoms with Crippen molar-refractivity contribution in [2.75, 3.05) is 26.3 Å². The van der Waals surface area contributed by atoms with Crippen LogP contribution in [0.3, 0.4) is 0 Å². The van der Waals surface area contributed by atoms with Gasteiger partial charge in [-0.15, -0.1) is 10.2 Å². The second-order valence-corrected chi connectivity index (χ2v) is 9.13. The zero-order valence-electron chi connectivity index (χ0n) is 17.4. The van der Waals surface area contributed by atoms with Crippen LogP contribution >= 0.6 is 0 Å². The fraction of sp³-hybridized carbons (Fsp3) is 0.381. The van der Waals surface area contributed by atoms with E-state index in [9.17, 15) is 8.42 Å². The maximum atomic E-state index is 13.1. The van der Waals surface area contributed by atoms with Crippen LogP contribution in [0.2, 0.25) is 0 Å². The summed E-state index contributed by atoms with van der Waals surface area (Å²) >= 11 is 0. The highest BCUT2D eigenvalue weighted by Crippen LogP contribution is 2.26. The Bertz CT molecular complexity index is 1130. The highest BCUT2D eigenvalue weighted by molar-refractivity contribution is 7.89. The summed E-state index contributed by atoms with van der Waals surface area (Å²) in [7, 11) is -3.65. The molecule has 0 saturated carbocycles. The third-order valence-corrected chi connectivity index (χ3v) is 7.47. The van der Waals surface area contributed by atoms with Gasteiger partial charge in [-0.2, -0.15) is 9.40 Å². The summed E-state index contributed by atoms with van der Waals surface area (Å²) in [6.45, 7) is 7.05. The monoisotopic (exact) mass is 427 g/mol. The molecule has 8 nitrogen and oxygen atoms in total. The van der Waals surface area contributed by atoms with Gasteiger partial charge in [-0.25, -0.2) is 13.1 Å². The molecule has 1 aliphatic rings. The first-order valence-corrected chi connectivity index (χ1v) is 11.4. The lowest BCUT2D eigenvalue weighted by Gasteiger charge is -2.26. The third kappa shape index (κ3) is 3.76. The first-order chi connectivity index (χ1) is 14.4. The highest BCUT2D eigenvalue weighted by atomic mass is 32.2. The quantitative estimate of drug-likeness (QED) is 0.622. The van der Waals surface area contributed by atoms with Crippen molar-refractivity contribution in [3.05, 3.63) is 53.3 Å². The summed E-state index contributed by atoms with van der Waals surface area (Å²) in [4.78, 5) is 0.227. The molecule has 0 bridgehead atoms. The molecule has 1 aliphatic heterocycles. The van der Waals surface area contributed by atoms with Gasteiger partial charge in [-0.05, 0) is 38.0 Å². The van der Waals surface area contributed by atoms with Gasteiger partial charge in [-0.3, -0.25) is 0 Å². The topological polar surface area (TPSA) is 90.2 Å². The Hall–Kier alpha value is -2.62. The number of nitrogens with zero attached hydrogens (tertiary/aromatic N) is 5. The zero-order chi connectivity index (χ0) is 21.3. The number of aromatic nitrogens is 4. The molecule has 0 N–H and O–H groups in total. The van der Waals surface area contributed by atoms with Crippen molar-refractivity contribution in [1.82, 2.24) is 24.3 Å². The molecule has 1 fully saturated rings. The normalized spacial score (nSPS) is 15.4. The molecule has 3 heterocycles. The van der Waals surface area contributed by atoms with Crippen molar-refractivity contribution in [3.63, 3.8) is 0 Å². The molecule has 4 rings (SSSR count). The lowest BCUT2D eigenvalue weighted by Crippen LogP contribution is -2.41. The first-order valence-electron chi connectivity index (χ1n) is 9.99. The lowest BCUT2D eigenvalue weighted by molar-refractivity contribution is 0.0730. The van der Waals surface area contributed by atoms with Crippen LogP contribution in [-0.4, -0.2) is 59.0 Å². The molecule has 0 aliphatic carbocycles.